The van der Waals surface area contributed by atoms with Gasteiger partial charge in [-0.25, -0.2) is 4.79 Å². The van der Waals surface area contributed by atoms with Crippen molar-refractivity contribution in [2.75, 3.05) is 13.7 Å². The summed E-state index contributed by atoms with van der Waals surface area (Å²) in [5.41, 5.74) is 0.439. The van der Waals surface area contributed by atoms with Crippen LogP contribution in [0.4, 0.5) is 4.79 Å². The Bertz CT molecular complexity index is 571. The number of benzene rings is 1. The Morgan fingerprint density at radius 3 is 2.32 bits per heavy atom. The van der Waals surface area contributed by atoms with Crippen LogP contribution in [0.1, 0.15) is 23.2 Å². The maximum Gasteiger partial charge on any atom is 0.321 e. The van der Waals surface area contributed by atoms with Crippen molar-refractivity contribution < 1.29 is 23.9 Å². The van der Waals surface area contributed by atoms with E-state index in [4.69, 9.17) is 11.6 Å². The van der Waals surface area contributed by atoms with E-state index in [0.717, 1.165) is 0 Å². The van der Waals surface area contributed by atoms with Crippen LogP contribution in [0.25, 0.3) is 0 Å². The number of amides is 3. The molecule has 0 spiro atoms. The number of hydrogen-bond acceptors (Lipinski definition) is 5. The molecule has 118 valence electrons. The van der Waals surface area contributed by atoms with E-state index in [1.165, 1.54) is 7.05 Å². The molecule has 0 radical (unpaired) electrons. The molecule has 0 saturated heterocycles. The molecule has 3 amide bonds. The normalized spacial score (nSPS) is 9.73. The highest BCUT2D eigenvalue weighted by atomic mass is 35.5. The fourth-order valence-electron chi connectivity index (χ4n) is 1.44. The molecule has 0 unspecified atom stereocenters. The molecule has 1 aromatic rings. The third-order valence-electron chi connectivity index (χ3n) is 2.57. The second-order valence-corrected chi connectivity index (χ2v) is 4.65. The minimum absolute atomic E-state index is 0.0441. The van der Waals surface area contributed by atoms with Gasteiger partial charge in [0.15, 0.2) is 12.4 Å². The second kappa shape index (κ2) is 8.78. The number of nitrogens with one attached hydrogen (secondary N) is 2. The van der Waals surface area contributed by atoms with Crippen LogP contribution in [0.3, 0.4) is 0 Å². The van der Waals surface area contributed by atoms with Gasteiger partial charge >= 0.3 is 12.0 Å². The number of halogens is 1. The van der Waals surface area contributed by atoms with Crippen molar-refractivity contribution in [1.29, 1.82) is 0 Å². The van der Waals surface area contributed by atoms with Crippen molar-refractivity contribution in [3.8, 4) is 0 Å². The highest BCUT2D eigenvalue weighted by molar-refractivity contribution is 6.30. The third kappa shape index (κ3) is 6.36. The van der Waals surface area contributed by atoms with E-state index >= 15 is 0 Å². The van der Waals surface area contributed by atoms with E-state index in [9.17, 15) is 19.2 Å². The van der Waals surface area contributed by atoms with Crippen molar-refractivity contribution in [3.05, 3.63) is 34.9 Å². The van der Waals surface area contributed by atoms with Gasteiger partial charge in [0.05, 0.1) is 6.42 Å². The molecule has 1 rings (SSSR count). The number of carbonyl (C=O) groups excluding carboxylic acids is 4. The van der Waals surface area contributed by atoms with Gasteiger partial charge < -0.3 is 10.1 Å². The van der Waals surface area contributed by atoms with Gasteiger partial charge in [0, 0.05) is 24.1 Å². The summed E-state index contributed by atoms with van der Waals surface area (Å²) in [6.45, 7) is -0.582. The first-order valence-corrected chi connectivity index (χ1v) is 6.76. The maximum atomic E-state index is 11.8. The van der Waals surface area contributed by atoms with E-state index in [-0.39, 0.29) is 18.6 Å². The average Bonchev–Trinajstić information content (AvgIpc) is 2.51. The Hall–Kier alpha value is -2.41. The van der Waals surface area contributed by atoms with Crippen LogP contribution in [-0.2, 0) is 14.3 Å². The zero-order valence-corrected chi connectivity index (χ0v) is 12.6. The molecule has 0 bridgehead atoms. The fraction of sp³-hybridized carbons (Fsp3) is 0.286. The van der Waals surface area contributed by atoms with Gasteiger partial charge in [0.1, 0.15) is 0 Å². The first kappa shape index (κ1) is 17.6. The number of urea groups is 1. The molecule has 1 aromatic carbocycles. The number of esters is 1. The smallest absolute Gasteiger partial charge is 0.321 e. The Morgan fingerprint density at radius 2 is 1.73 bits per heavy atom. The van der Waals surface area contributed by atoms with Crippen molar-refractivity contribution >= 4 is 35.3 Å². The lowest BCUT2D eigenvalue weighted by molar-refractivity contribution is -0.148. The van der Waals surface area contributed by atoms with Crippen molar-refractivity contribution in [2.45, 2.75) is 12.8 Å². The molecular weight excluding hydrogens is 312 g/mol. The van der Waals surface area contributed by atoms with E-state index in [2.05, 4.69) is 10.1 Å². The fourth-order valence-corrected chi connectivity index (χ4v) is 1.57. The van der Waals surface area contributed by atoms with Crippen LogP contribution in [-0.4, -0.2) is 37.3 Å². The van der Waals surface area contributed by atoms with E-state index in [1.54, 1.807) is 24.3 Å². The molecule has 2 N–H and O–H groups in total. The second-order valence-electron chi connectivity index (χ2n) is 4.22. The molecule has 0 saturated carbocycles. The predicted octanol–water partition coefficient (Wildman–Crippen LogP) is 1.30. The Balaban J connectivity index is 2.31. The van der Waals surface area contributed by atoms with Gasteiger partial charge in [-0.3, -0.25) is 19.7 Å². The number of ketones is 1. The monoisotopic (exact) mass is 326 g/mol. The van der Waals surface area contributed by atoms with E-state index in [1.807, 2.05) is 5.32 Å². The zero-order chi connectivity index (χ0) is 16.5. The Labute approximate surface area is 132 Å². The summed E-state index contributed by atoms with van der Waals surface area (Å²) >= 11 is 5.71. The summed E-state index contributed by atoms with van der Waals surface area (Å²) in [6.07, 6.45) is -0.202. The molecule has 0 aromatic heterocycles. The number of hydrogen-bond donors (Lipinski definition) is 2. The summed E-state index contributed by atoms with van der Waals surface area (Å²) in [5, 5.41) is 4.63. The summed E-state index contributed by atoms with van der Waals surface area (Å²) in [6, 6.07) is 5.59. The maximum absolute atomic E-state index is 11.8. The average molecular weight is 327 g/mol. The third-order valence-corrected chi connectivity index (χ3v) is 2.82. The standard InChI is InChI=1S/C14H15ClN2O5/c1-16-14(21)17-12(19)8-22-13(20)7-6-11(18)9-2-4-10(15)5-3-9/h2-5H,6-8H2,1H3,(H2,16,17,19,21). The highest BCUT2D eigenvalue weighted by Crippen LogP contribution is 2.12. The molecule has 0 aliphatic carbocycles. The van der Waals surface area contributed by atoms with Crippen LogP contribution in [0.5, 0.6) is 0 Å². The molecule has 0 heterocycles. The van der Waals surface area contributed by atoms with Gasteiger partial charge in [0.25, 0.3) is 5.91 Å². The zero-order valence-electron chi connectivity index (χ0n) is 11.8. The summed E-state index contributed by atoms with van der Waals surface area (Å²) in [4.78, 5) is 45.2. The lowest BCUT2D eigenvalue weighted by Gasteiger charge is -2.05. The molecule has 0 aliphatic heterocycles. The molecule has 8 heteroatoms. The van der Waals surface area contributed by atoms with Gasteiger partial charge in [-0.05, 0) is 24.3 Å². The first-order valence-electron chi connectivity index (χ1n) is 6.38. The number of Topliss-reactive ketones (excluding diaryl/α,β-unsaturated/α-hetero) is 1. The van der Waals surface area contributed by atoms with Crippen molar-refractivity contribution in [1.82, 2.24) is 10.6 Å². The lowest BCUT2D eigenvalue weighted by atomic mass is 10.1. The Kier molecular flexibility index (Phi) is 7.04. The van der Waals surface area contributed by atoms with Crippen LogP contribution in [0.2, 0.25) is 5.02 Å². The summed E-state index contributed by atoms with van der Waals surface area (Å²) < 4.78 is 4.65. The van der Waals surface area contributed by atoms with Gasteiger partial charge in [-0.15, -0.1) is 0 Å². The molecule has 0 atom stereocenters. The molecule has 0 fully saturated rings. The quantitative estimate of drug-likeness (QED) is 0.606. The number of carbonyl (C=O) groups is 4. The van der Waals surface area contributed by atoms with E-state index < -0.39 is 24.5 Å². The topological polar surface area (TPSA) is 102 Å². The van der Waals surface area contributed by atoms with Gasteiger partial charge in [0.2, 0.25) is 0 Å². The summed E-state index contributed by atoms with van der Waals surface area (Å²) in [5.74, 6) is -1.69. The van der Waals surface area contributed by atoms with Crippen molar-refractivity contribution in [3.63, 3.8) is 0 Å². The van der Waals surface area contributed by atoms with Crippen molar-refractivity contribution in [2.24, 2.45) is 0 Å². The molecular formula is C14H15ClN2O5. The summed E-state index contributed by atoms with van der Waals surface area (Å²) in [7, 11) is 1.34. The SMILES string of the molecule is CNC(=O)NC(=O)COC(=O)CCC(=O)c1ccc(Cl)cc1. The van der Waals surface area contributed by atoms with Crippen LogP contribution in [0, 0.1) is 0 Å². The van der Waals surface area contributed by atoms with Gasteiger partial charge in [-0.2, -0.15) is 0 Å². The Morgan fingerprint density at radius 1 is 1.09 bits per heavy atom. The number of imide groups is 1. The molecule has 22 heavy (non-hydrogen) atoms. The number of rotatable bonds is 6. The number of ether oxygens (including phenoxy) is 1. The molecule has 0 aliphatic rings. The van der Waals surface area contributed by atoms with Gasteiger partial charge in [-0.1, -0.05) is 11.6 Å². The molecule has 7 nitrogen and oxygen atoms in total. The lowest BCUT2D eigenvalue weighted by Crippen LogP contribution is -2.39. The van der Waals surface area contributed by atoms with Crippen LogP contribution >= 0.6 is 11.6 Å². The minimum atomic E-state index is -0.753. The highest BCUT2D eigenvalue weighted by Gasteiger charge is 2.12. The van der Waals surface area contributed by atoms with Crippen LogP contribution < -0.4 is 10.6 Å². The minimum Gasteiger partial charge on any atom is -0.456 e. The predicted molar refractivity (Wildman–Crippen MR) is 78.6 cm³/mol. The van der Waals surface area contributed by atoms with E-state index in [0.29, 0.717) is 10.6 Å². The van der Waals surface area contributed by atoms with Crippen LogP contribution in [0.15, 0.2) is 24.3 Å². The first-order chi connectivity index (χ1) is 10.4. The largest absolute Gasteiger partial charge is 0.456 e.